The lowest BCUT2D eigenvalue weighted by atomic mass is 10.1. The van der Waals surface area contributed by atoms with Gasteiger partial charge in [-0.2, -0.15) is 0 Å². The molecule has 0 aliphatic carbocycles. The molecule has 4 aromatic rings. The number of aliphatic hydroxyl groups is 1. The number of hydrogen-bond acceptors (Lipinski definition) is 6. The Bertz CT molecular complexity index is 1230. The molecular weight excluding hydrogens is 360 g/mol. The van der Waals surface area contributed by atoms with E-state index in [0.29, 0.717) is 23.1 Å². The number of aromatic nitrogens is 4. The Morgan fingerprint density at radius 1 is 1.11 bits per heavy atom. The fourth-order valence-corrected chi connectivity index (χ4v) is 3.03. The Balaban J connectivity index is 1.51. The first-order chi connectivity index (χ1) is 13.6. The normalized spacial score (nSPS) is 12.3. The molecular formula is C20H18N4O4. The third-order valence-electron chi connectivity index (χ3n) is 4.53. The summed E-state index contributed by atoms with van der Waals surface area (Å²) < 4.78 is 5.64. The molecule has 1 atom stereocenters. The number of ether oxygens (including phenoxy) is 1. The van der Waals surface area contributed by atoms with E-state index in [1.54, 1.807) is 18.2 Å². The van der Waals surface area contributed by atoms with Crippen molar-refractivity contribution < 1.29 is 9.84 Å². The van der Waals surface area contributed by atoms with Crippen molar-refractivity contribution in [2.24, 2.45) is 0 Å². The van der Waals surface area contributed by atoms with Gasteiger partial charge in [0.05, 0.1) is 11.6 Å². The van der Waals surface area contributed by atoms with E-state index in [2.05, 4.69) is 20.4 Å². The van der Waals surface area contributed by atoms with Gasteiger partial charge >= 0.3 is 0 Å². The Morgan fingerprint density at radius 2 is 1.93 bits per heavy atom. The van der Waals surface area contributed by atoms with Crippen LogP contribution in [0.15, 0.2) is 58.1 Å². The average Bonchev–Trinajstić information content (AvgIpc) is 3.18. The molecule has 0 fully saturated rings. The summed E-state index contributed by atoms with van der Waals surface area (Å²) in [5.41, 5.74) is 0.608. The fourth-order valence-electron chi connectivity index (χ4n) is 3.03. The topological polar surface area (TPSA) is 121 Å². The number of nitrogens with one attached hydrogen (secondary N) is 2. The number of aryl methyl sites for hydroxylation is 1. The van der Waals surface area contributed by atoms with E-state index in [0.717, 1.165) is 12.0 Å². The number of aliphatic hydroxyl groups excluding tert-OH is 1. The van der Waals surface area contributed by atoms with Crippen LogP contribution >= 0.6 is 0 Å². The SMILES string of the molecule is O=c1[nH]c2cc(OCC(O)CCc3ccccc3)ccc2c(=O)c2[nH]nnc12. The number of rotatable bonds is 6. The zero-order valence-corrected chi connectivity index (χ0v) is 14.9. The first-order valence-corrected chi connectivity index (χ1v) is 8.88. The maximum atomic E-state index is 12.5. The van der Waals surface area contributed by atoms with Crippen LogP contribution < -0.4 is 15.7 Å². The Morgan fingerprint density at radius 3 is 2.75 bits per heavy atom. The molecule has 2 aromatic heterocycles. The highest BCUT2D eigenvalue weighted by Gasteiger charge is 2.11. The predicted molar refractivity (Wildman–Crippen MR) is 105 cm³/mol. The molecule has 4 rings (SSSR count). The summed E-state index contributed by atoms with van der Waals surface area (Å²) >= 11 is 0. The monoisotopic (exact) mass is 378 g/mol. The van der Waals surface area contributed by atoms with Crippen molar-refractivity contribution >= 4 is 21.9 Å². The maximum absolute atomic E-state index is 12.5. The largest absolute Gasteiger partial charge is 0.491 e. The van der Waals surface area contributed by atoms with Gasteiger partial charge in [0, 0.05) is 11.5 Å². The highest BCUT2D eigenvalue weighted by molar-refractivity contribution is 5.87. The first kappa shape index (κ1) is 17.9. The van der Waals surface area contributed by atoms with Crippen molar-refractivity contribution in [3.8, 4) is 5.75 Å². The van der Waals surface area contributed by atoms with Crippen LogP contribution in [0.1, 0.15) is 12.0 Å². The minimum absolute atomic E-state index is 0.0417. The third kappa shape index (κ3) is 3.63. The molecule has 8 nitrogen and oxygen atoms in total. The summed E-state index contributed by atoms with van der Waals surface area (Å²) in [4.78, 5) is 27.4. The van der Waals surface area contributed by atoms with E-state index in [1.807, 2.05) is 30.3 Å². The predicted octanol–water partition coefficient (Wildman–Crippen LogP) is 1.53. The van der Waals surface area contributed by atoms with Gasteiger partial charge in [0.25, 0.3) is 5.56 Å². The molecule has 3 N–H and O–H groups in total. The van der Waals surface area contributed by atoms with Gasteiger partial charge in [0.1, 0.15) is 17.9 Å². The second-order valence-corrected chi connectivity index (χ2v) is 6.52. The number of benzene rings is 2. The maximum Gasteiger partial charge on any atom is 0.278 e. The van der Waals surface area contributed by atoms with E-state index in [9.17, 15) is 14.7 Å². The van der Waals surface area contributed by atoms with Gasteiger partial charge in [-0.15, -0.1) is 5.10 Å². The van der Waals surface area contributed by atoms with Crippen LogP contribution in [0.4, 0.5) is 0 Å². The molecule has 0 aliphatic rings. The molecule has 0 radical (unpaired) electrons. The number of nitrogens with zero attached hydrogens (tertiary/aromatic N) is 2. The van der Waals surface area contributed by atoms with Crippen LogP contribution in [0.2, 0.25) is 0 Å². The summed E-state index contributed by atoms with van der Waals surface area (Å²) in [6.07, 6.45) is 0.682. The number of fused-ring (bicyclic) bond motifs is 2. The van der Waals surface area contributed by atoms with Gasteiger partial charge in [0.2, 0.25) is 5.43 Å². The lowest BCUT2D eigenvalue weighted by Crippen LogP contribution is -2.18. The van der Waals surface area contributed by atoms with E-state index in [-0.39, 0.29) is 23.1 Å². The highest BCUT2D eigenvalue weighted by Crippen LogP contribution is 2.17. The van der Waals surface area contributed by atoms with Crippen molar-refractivity contribution in [3.05, 3.63) is 74.7 Å². The van der Waals surface area contributed by atoms with Crippen LogP contribution in [0.5, 0.6) is 5.75 Å². The molecule has 0 saturated carbocycles. The lowest BCUT2D eigenvalue weighted by molar-refractivity contribution is 0.100. The molecule has 142 valence electrons. The third-order valence-corrected chi connectivity index (χ3v) is 4.53. The number of aromatic amines is 2. The van der Waals surface area contributed by atoms with E-state index < -0.39 is 11.7 Å². The zero-order valence-electron chi connectivity index (χ0n) is 14.9. The van der Waals surface area contributed by atoms with Gasteiger partial charge in [-0.3, -0.25) is 14.7 Å². The molecule has 2 heterocycles. The minimum Gasteiger partial charge on any atom is -0.491 e. The smallest absolute Gasteiger partial charge is 0.278 e. The van der Waals surface area contributed by atoms with Gasteiger partial charge in [0.15, 0.2) is 5.52 Å². The van der Waals surface area contributed by atoms with Crippen LogP contribution in [0.3, 0.4) is 0 Å². The summed E-state index contributed by atoms with van der Waals surface area (Å²) in [6, 6.07) is 14.7. The first-order valence-electron chi connectivity index (χ1n) is 8.88. The number of H-pyrrole nitrogens is 2. The molecule has 0 aliphatic heterocycles. The molecule has 0 amide bonds. The summed E-state index contributed by atoms with van der Waals surface area (Å²) in [5, 5.41) is 20.1. The Labute approximate surface area is 158 Å². The molecule has 2 aromatic carbocycles. The van der Waals surface area contributed by atoms with Crippen molar-refractivity contribution in [2.45, 2.75) is 18.9 Å². The Hall–Kier alpha value is -3.52. The van der Waals surface area contributed by atoms with Crippen LogP contribution in [0, 0.1) is 0 Å². The van der Waals surface area contributed by atoms with Crippen molar-refractivity contribution in [1.82, 2.24) is 20.4 Å². The van der Waals surface area contributed by atoms with Crippen molar-refractivity contribution in [1.29, 1.82) is 0 Å². The quantitative estimate of drug-likeness (QED) is 0.468. The molecule has 1 unspecified atom stereocenters. The van der Waals surface area contributed by atoms with E-state index >= 15 is 0 Å². The summed E-state index contributed by atoms with van der Waals surface area (Å²) in [7, 11) is 0. The average molecular weight is 378 g/mol. The molecule has 28 heavy (non-hydrogen) atoms. The van der Waals surface area contributed by atoms with Crippen LogP contribution in [0.25, 0.3) is 21.9 Å². The summed E-state index contributed by atoms with van der Waals surface area (Å²) in [5.74, 6) is 0.447. The second kappa shape index (κ2) is 7.61. The standard InChI is InChI=1S/C20H18N4O4/c25-13(7-6-12-4-2-1-3-5-12)11-28-14-8-9-15-16(10-14)21-20(27)18-17(19(15)26)22-24-23-18/h1-5,8-10,13,25H,6-7,11H2,(H,21,27)(H,22,23,24). The van der Waals surface area contributed by atoms with Gasteiger partial charge in [-0.25, -0.2) is 0 Å². The molecule has 0 saturated heterocycles. The minimum atomic E-state index is -0.634. The molecule has 0 bridgehead atoms. The lowest BCUT2D eigenvalue weighted by Gasteiger charge is -2.12. The molecule has 8 heteroatoms. The van der Waals surface area contributed by atoms with Crippen LogP contribution in [-0.2, 0) is 6.42 Å². The van der Waals surface area contributed by atoms with E-state index in [1.165, 1.54) is 0 Å². The van der Waals surface area contributed by atoms with Crippen molar-refractivity contribution in [3.63, 3.8) is 0 Å². The summed E-state index contributed by atoms with van der Waals surface area (Å²) in [6.45, 7) is 0.109. The molecule has 0 spiro atoms. The second-order valence-electron chi connectivity index (χ2n) is 6.52. The van der Waals surface area contributed by atoms with Gasteiger partial charge < -0.3 is 14.8 Å². The van der Waals surface area contributed by atoms with Gasteiger partial charge in [-0.05, 0) is 30.5 Å². The van der Waals surface area contributed by atoms with Crippen LogP contribution in [-0.4, -0.2) is 38.2 Å². The van der Waals surface area contributed by atoms with Crippen molar-refractivity contribution in [2.75, 3.05) is 6.61 Å². The number of hydrogen-bond donors (Lipinski definition) is 3. The van der Waals surface area contributed by atoms with Gasteiger partial charge in [-0.1, -0.05) is 35.5 Å². The zero-order chi connectivity index (χ0) is 19.5. The van der Waals surface area contributed by atoms with E-state index in [4.69, 9.17) is 4.74 Å². The highest BCUT2D eigenvalue weighted by atomic mass is 16.5. The fraction of sp³-hybridized carbons (Fsp3) is 0.200. The Kier molecular flexibility index (Phi) is 4.86.